The zero-order chi connectivity index (χ0) is 14.5. The minimum absolute atomic E-state index is 0.0905. The molecule has 106 valence electrons. The van der Waals surface area contributed by atoms with Crippen molar-refractivity contribution in [3.63, 3.8) is 0 Å². The fourth-order valence-electron chi connectivity index (χ4n) is 1.08. The van der Waals surface area contributed by atoms with Crippen molar-refractivity contribution in [3.05, 3.63) is 21.9 Å². The molecule has 0 aliphatic carbocycles. The number of rotatable bonds is 5. The van der Waals surface area contributed by atoms with E-state index in [0.717, 1.165) is 0 Å². The fourth-order valence-corrected chi connectivity index (χ4v) is 1.56. The van der Waals surface area contributed by atoms with Gasteiger partial charge in [-0.05, 0) is 22.0 Å². The van der Waals surface area contributed by atoms with Crippen LogP contribution in [0.4, 0.5) is 18.9 Å². The van der Waals surface area contributed by atoms with E-state index in [-0.39, 0.29) is 23.9 Å². The van der Waals surface area contributed by atoms with E-state index in [0.29, 0.717) is 4.47 Å². The number of carbonyl (C=O) groups is 1. The first kappa shape index (κ1) is 16.2. The van der Waals surface area contributed by atoms with Crippen molar-refractivity contribution in [1.82, 2.24) is 4.98 Å². The standard InChI is InChI=1S/C10H9BrClF3N2O2/c11-6-3-7(9(12)16-4-6)17-8(18)1-2-19-5-10(13,14)15/h3-4H,1-2,5H2,(H,17,18). The molecule has 0 saturated carbocycles. The highest BCUT2D eigenvalue weighted by atomic mass is 79.9. The Hall–Kier alpha value is -0.860. The van der Waals surface area contributed by atoms with Crippen molar-refractivity contribution in [3.8, 4) is 0 Å². The highest BCUT2D eigenvalue weighted by Gasteiger charge is 2.27. The first-order valence-corrected chi connectivity index (χ1v) is 6.20. The maximum atomic E-state index is 11.8. The molecule has 1 N–H and O–H groups in total. The normalized spacial score (nSPS) is 11.4. The smallest absolute Gasteiger partial charge is 0.372 e. The van der Waals surface area contributed by atoms with Crippen molar-refractivity contribution in [2.75, 3.05) is 18.5 Å². The summed E-state index contributed by atoms with van der Waals surface area (Å²) in [6, 6.07) is 1.53. The summed E-state index contributed by atoms with van der Waals surface area (Å²) in [7, 11) is 0. The summed E-state index contributed by atoms with van der Waals surface area (Å²) in [4.78, 5) is 15.2. The van der Waals surface area contributed by atoms with Crippen LogP contribution in [0.2, 0.25) is 5.15 Å². The number of hydrogen-bond acceptors (Lipinski definition) is 3. The second kappa shape index (κ2) is 7.06. The number of amides is 1. The summed E-state index contributed by atoms with van der Waals surface area (Å²) in [5, 5.41) is 2.51. The summed E-state index contributed by atoms with van der Waals surface area (Å²) < 4.78 is 40.2. The molecule has 0 atom stereocenters. The zero-order valence-electron chi connectivity index (χ0n) is 9.43. The number of carbonyl (C=O) groups excluding carboxylic acids is 1. The summed E-state index contributed by atoms with van der Waals surface area (Å²) in [5.41, 5.74) is 0.275. The third-order valence-electron chi connectivity index (χ3n) is 1.82. The Morgan fingerprint density at radius 3 is 2.84 bits per heavy atom. The quantitative estimate of drug-likeness (QED) is 0.646. The van der Waals surface area contributed by atoms with Gasteiger partial charge in [-0.3, -0.25) is 4.79 Å². The van der Waals surface area contributed by atoms with Gasteiger partial charge in [0, 0.05) is 10.7 Å². The van der Waals surface area contributed by atoms with E-state index < -0.39 is 18.7 Å². The number of hydrogen-bond donors (Lipinski definition) is 1. The molecule has 9 heteroatoms. The molecule has 1 aromatic rings. The van der Waals surface area contributed by atoms with Crippen LogP contribution in [0.1, 0.15) is 6.42 Å². The monoisotopic (exact) mass is 360 g/mol. The van der Waals surface area contributed by atoms with Crippen molar-refractivity contribution in [2.24, 2.45) is 0 Å². The number of nitrogens with zero attached hydrogens (tertiary/aromatic N) is 1. The van der Waals surface area contributed by atoms with E-state index >= 15 is 0 Å². The summed E-state index contributed by atoms with van der Waals surface area (Å²) in [6.45, 7) is -1.70. The number of aromatic nitrogens is 1. The lowest BCUT2D eigenvalue weighted by atomic mass is 10.3. The Morgan fingerprint density at radius 1 is 1.53 bits per heavy atom. The average Bonchev–Trinajstić information content (AvgIpc) is 2.28. The first-order chi connectivity index (χ1) is 8.78. The summed E-state index contributed by atoms with van der Waals surface area (Å²) >= 11 is 8.88. The molecular formula is C10H9BrClF3N2O2. The van der Waals surface area contributed by atoms with Crippen molar-refractivity contribution >= 4 is 39.1 Å². The van der Waals surface area contributed by atoms with Gasteiger partial charge in [-0.1, -0.05) is 11.6 Å². The number of alkyl halides is 3. The van der Waals surface area contributed by atoms with Gasteiger partial charge in [-0.2, -0.15) is 13.2 Å². The highest BCUT2D eigenvalue weighted by molar-refractivity contribution is 9.10. The number of ether oxygens (including phenoxy) is 1. The molecule has 0 aliphatic heterocycles. The minimum atomic E-state index is -4.39. The lowest BCUT2D eigenvalue weighted by Crippen LogP contribution is -2.20. The highest BCUT2D eigenvalue weighted by Crippen LogP contribution is 2.23. The predicted molar refractivity (Wildman–Crippen MR) is 67.1 cm³/mol. The number of anilines is 1. The maximum absolute atomic E-state index is 11.8. The van der Waals surface area contributed by atoms with Gasteiger partial charge in [-0.15, -0.1) is 0 Å². The second-order valence-electron chi connectivity index (χ2n) is 3.46. The van der Waals surface area contributed by atoms with Gasteiger partial charge < -0.3 is 10.1 Å². The van der Waals surface area contributed by atoms with Crippen LogP contribution in [0.3, 0.4) is 0 Å². The molecule has 0 aliphatic rings. The second-order valence-corrected chi connectivity index (χ2v) is 4.73. The van der Waals surface area contributed by atoms with E-state index in [4.69, 9.17) is 11.6 Å². The average molecular weight is 362 g/mol. The van der Waals surface area contributed by atoms with E-state index in [1.54, 1.807) is 0 Å². The molecule has 4 nitrogen and oxygen atoms in total. The van der Waals surface area contributed by atoms with Gasteiger partial charge in [0.1, 0.15) is 6.61 Å². The molecule has 0 aromatic carbocycles. The molecule has 1 heterocycles. The summed E-state index contributed by atoms with van der Waals surface area (Å²) in [5.74, 6) is -0.510. The fraction of sp³-hybridized carbons (Fsp3) is 0.400. The van der Waals surface area contributed by atoms with Crippen LogP contribution in [-0.4, -0.2) is 30.3 Å². The molecule has 0 spiro atoms. The zero-order valence-corrected chi connectivity index (χ0v) is 11.8. The Kier molecular flexibility index (Phi) is 6.02. The van der Waals surface area contributed by atoms with Crippen molar-refractivity contribution < 1.29 is 22.7 Å². The van der Waals surface area contributed by atoms with Crippen LogP contribution in [0.15, 0.2) is 16.7 Å². The minimum Gasteiger partial charge on any atom is -0.372 e. The molecule has 19 heavy (non-hydrogen) atoms. The van der Waals surface area contributed by atoms with Crippen LogP contribution in [0.5, 0.6) is 0 Å². The van der Waals surface area contributed by atoms with Gasteiger partial charge in [0.2, 0.25) is 5.91 Å². The van der Waals surface area contributed by atoms with Gasteiger partial charge >= 0.3 is 6.18 Å². The molecular weight excluding hydrogens is 352 g/mol. The van der Waals surface area contributed by atoms with E-state index in [2.05, 4.69) is 31.0 Å². The lowest BCUT2D eigenvalue weighted by molar-refractivity contribution is -0.174. The summed E-state index contributed by atoms with van der Waals surface area (Å²) in [6.07, 6.45) is -3.16. The lowest BCUT2D eigenvalue weighted by Gasteiger charge is -2.09. The number of nitrogens with one attached hydrogen (secondary N) is 1. The topological polar surface area (TPSA) is 51.2 Å². The largest absolute Gasteiger partial charge is 0.411 e. The predicted octanol–water partition coefficient (Wildman–Crippen LogP) is 3.41. The molecule has 1 amide bonds. The Balaban J connectivity index is 2.37. The molecule has 0 saturated heterocycles. The van der Waals surface area contributed by atoms with Crippen LogP contribution >= 0.6 is 27.5 Å². The van der Waals surface area contributed by atoms with Gasteiger partial charge in [-0.25, -0.2) is 4.98 Å². The first-order valence-electron chi connectivity index (χ1n) is 5.03. The van der Waals surface area contributed by atoms with Crippen LogP contribution < -0.4 is 5.32 Å². The van der Waals surface area contributed by atoms with Gasteiger partial charge in [0.15, 0.2) is 5.15 Å². The molecule has 1 aromatic heterocycles. The Bertz CT molecular complexity index is 457. The third kappa shape index (κ3) is 6.74. The maximum Gasteiger partial charge on any atom is 0.411 e. The van der Waals surface area contributed by atoms with Crippen LogP contribution in [-0.2, 0) is 9.53 Å². The van der Waals surface area contributed by atoms with Gasteiger partial charge in [0.05, 0.1) is 18.7 Å². The van der Waals surface area contributed by atoms with Crippen LogP contribution in [0.25, 0.3) is 0 Å². The molecule has 0 fully saturated rings. The van der Waals surface area contributed by atoms with E-state index in [1.165, 1.54) is 12.3 Å². The number of halogens is 5. The van der Waals surface area contributed by atoms with E-state index in [9.17, 15) is 18.0 Å². The molecule has 1 rings (SSSR count). The molecule has 0 unspecified atom stereocenters. The Labute approximate surface area is 120 Å². The van der Waals surface area contributed by atoms with Crippen molar-refractivity contribution in [2.45, 2.75) is 12.6 Å². The van der Waals surface area contributed by atoms with Crippen LogP contribution in [0, 0.1) is 0 Å². The van der Waals surface area contributed by atoms with Gasteiger partial charge in [0.25, 0.3) is 0 Å². The SMILES string of the molecule is O=C(CCOCC(F)(F)F)Nc1cc(Br)cnc1Cl. The van der Waals surface area contributed by atoms with E-state index in [1.807, 2.05) is 0 Å². The Morgan fingerprint density at radius 2 is 2.21 bits per heavy atom. The third-order valence-corrected chi connectivity index (χ3v) is 2.55. The number of pyridine rings is 1. The molecule has 0 radical (unpaired) electrons. The van der Waals surface area contributed by atoms with Crippen molar-refractivity contribution in [1.29, 1.82) is 0 Å². The molecule has 0 bridgehead atoms.